The number of hydrogen-bond acceptors (Lipinski definition) is 6. The van der Waals surface area contributed by atoms with Gasteiger partial charge in [-0.15, -0.1) is 0 Å². The molecular weight excluding hydrogens is 509 g/mol. The highest BCUT2D eigenvalue weighted by Crippen LogP contribution is 2.34. The molecule has 2 fully saturated rings. The highest BCUT2D eigenvalue weighted by Gasteiger charge is 2.31. The maximum atomic E-state index is 10.9. The van der Waals surface area contributed by atoms with E-state index in [0.29, 0.717) is 45.2 Å². The monoisotopic (exact) mass is 539 g/mol. The molecule has 2 aromatic rings. The summed E-state index contributed by atoms with van der Waals surface area (Å²) in [5.74, 6) is 1.82. The number of carboxylic acids is 1. The number of nitrogens with zero attached hydrogens (tertiary/aromatic N) is 4. The lowest BCUT2D eigenvalue weighted by molar-refractivity contribution is -0.137. The summed E-state index contributed by atoms with van der Waals surface area (Å²) < 4.78 is 0. The van der Waals surface area contributed by atoms with Crippen molar-refractivity contribution in [1.82, 2.24) is 14.9 Å². The molecule has 4 rings (SSSR count). The zero-order valence-electron chi connectivity index (χ0n) is 19.9. The number of aromatic nitrogens is 2. The minimum atomic E-state index is -0.720. The zero-order chi connectivity index (χ0) is 24.9. The van der Waals surface area contributed by atoms with E-state index in [-0.39, 0.29) is 12.5 Å². The van der Waals surface area contributed by atoms with E-state index < -0.39 is 5.97 Å². The van der Waals surface area contributed by atoms with Crippen LogP contribution in [-0.4, -0.2) is 58.7 Å². The minimum absolute atomic E-state index is 0.110. The van der Waals surface area contributed by atoms with Crippen LogP contribution in [0.25, 0.3) is 0 Å². The Kier molecular flexibility index (Phi) is 8.97. The van der Waals surface area contributed by atoms with Crippen LogP contribution in [0.4, 0.5) is 11.8 Å². The van der Waals surface area contributed by atoms with Crippen LogP contribution in [-0.2, 0) is 4.79 Å². The third-order valence-corrected chi connectivity index (χ3v) is 8.03. The van der Waals surface area contributed by atoms with Gasteiger partial charge in [-0.05, 0) is 68.7 Å². The number of carbonyl (C=O) groups is 1. The van der Waals surface area contributed by atoms with Crippen LogP contribution in [0.2, 0.25) is 15.1 Å². The van der Waals surface area contributed by atoms with Gasteiger partial charge in [0.1, 0.15) is 5.02 Å². The molecule has 2 unspecified atom stereocenters. The van der Waals surface area contributed by atoms with Gasteiger partial charge in [-0.2, -0.15) is 4.98 Å². The Labute approximate surface area is 221 Å². The Hall–Kier alpha value is -1.80. The van der Waals surface area contributed by atoms with Crippen LogP contribution in [0.5, 0.6) is 0 Å². The summed E-state index contributed by atoms with van der Waals surface area (Å²) >= 11 is 18.8. The Morgan fingerprint density at radius 2 is 1.91 bits per heavy atom. The minimum Gasteiger partial charge on any atom is -0.481 e. The standard InChI is InChI=1S/C25H32Cl3N5O2/c1-16(20-5-4-19(26)13-21(20)27)30-24-22(28)14-29-25(31-24)33-11-6-17(7-12-33)18-3-2-9-32(15-18)10-8-23(34)35/h4-5,13-14,16-18H,2-3,6-12,15H2,1H3,(H,34,35)(H,29,30,31). The maximum absolute atomic E-state index is 10.9. The molecule has 0 radical (unpaired) electrons. The second-order valence-electron chi connectivity index (χ2n) is 9.57. The predicted molar refractivity (Wildman–Crippen MR) is 142 cm³/mol. The largest absolute Gasteiger partial charge is 0.481 e. The van der Waals surface area contributed by atoms with Crippen LogP contribution in [0, 0.1) is 11.8 Å². The lowest BCUT2D eigenvalue weighted by Gasteiger charge is -2.40. The van der Waals surface area contributed by atoms with Gasteiger partial charge in [-0.1, -0.05) is 40.9 Å². The fourth-order valence-corrected chi connectivity index (χ4v) is 5.97. The topological polar surface area (TPSA) is 81.6 Å². The van der Waals surface area contributed by atoms with Crippen molar-refractivity contribution < 1.29 is 9.90 Å². The molecule has 10 heteroatoms. The van der Waals surface area contributed by atoms with Crippen LogP contribution >= 0.6 is 34.8 Å². The average Bonchev–Trinajstić information content (AvgIpc) is 2.84. The van der Waals surface area contributed by atoms with Crippen molar-refractivity contribution in [3.63, 3.8) is 0 Å². The fourth-order valence-electron chi connectivity index (χ4n) is 5.25. The molecule has 2 aliphatic heterocycles. The second-order valence-corrected chi connectivity index (χ2v) is 10.8. The van der Waals surface area contributed by atoms with E-state index in [2.05, 4.69) is 20.1 Å². The van der Waals surface area contributed by atoms with E-state index in [1.807, 2.05) is 19.1 Å². The SMILES string of the molecule is CC(Nc1nc(N2CCC(C3CCCN(CCC(=O)O)C3)CC2)ncc1Cl)c1ccc(Cl)cc1Cl. The van der Waals surface area contributed by atoms with Gasteiger partial charge in [0.05, 0.1) is 18.7 Å². The van der Waals surface area contributed by atoms with Crippen molar-refractivity contribution in [3.05, 3.63) is 45.0 Å². The Balaban J connectivity index is 1.35. The average molecular weight is 541 g/mol. The second kappa shape index (κ2) is 12.0. The van der Waals surface area contributed by atoms with Gasteiger partial charge in [0.15, 0.2) is 5.82 Å². The molecule has 0 amide bonds. The number of aliphatic carboxylic acids is 1. The van der Waals surface area contributed by atoms with E-state index >= 15 is 0 Å². The Morgan fingerprint density at radius 1 is 1.14 bits per heavy atom. The summed E-state index contributed by atoms with van der Waals surface area (Å²) in [5.41, 5.74) is 0.915. The van der Waals surface area contributed by atoms with Gasteiger partial charge in [-0.3, -0.25) is 4.79 Å². The van der Waals surface area contributed by atoms with Crippen LogP contribution in [0.3, 0.4) is 0 Å². The number of halogens is 3. The first-order chi connectivity index (χ1) is 16.8. The van der Waals surface area contributed by atoms with Gasteiger partial charge in [-0.25, -0.2) is 4.98 Å². The molecule has 0 spiro atoms. The van der Waals surface area contributed by atoms with Crippen LogP contribution in [0.1, 0.15) is 50.6 Å². The first kappa shape index (κ1) is 26.3. The van der Waals surface area contributed by atoms with Gasteiger partial charge >= 0.3 is 5.97 Å². The summed E-state index contributed by atoms with van der Waals surface area (Å²) in [6.07, 6.45) is 6.42. The van der Waals surface area contributed by atoms with Crippen molar-refractivity contribution in [2.45, 2.75) is 45.1 Å². The molecule has 1 aromatic carbocycles. The smallest absolute Gasteiger partial charge is 0.304 e. The van der Waals surface area contributed by atoms with E-state index in [4.69, 9.17) is 44.9 Å². The molecule has 0 bridgehead atoms. The van der Waals surface area contributed by atoms with Gasteiger partial charge in [0.2, 0.25) is 5.95 Å². The number of benzene rings is 1. The number of rotatable bonds is 8. The van der Waals surface area contributed by atoms with E-state index in [0.717, 1.165) is 51.0 Å². The molecular formula is C25H32Cl3N5O2. The van der Waals surface area contributed by atoms with Crippen LogP contribution < -0.4 is 10.2 Å². The highest BCUT2D eigenvalue weighted by atomic mass is 35.5. The van der Waals surface area contributed by atoms with Crippen molar-refractivity contribution in [2.75, 3.05) is 42.9 Å². The Morgan fingerprint density at radius 3 is 2.63 bits per heavy atom. The van der Waals surface area contributed by atoms with Gasteiger partial charge in [0.25, 0.3) is 0 Å². The number of anilines is 2. The fraction of sp³-hybridized carbons (Fsp3) is 0.560. The number of likely N-dealkylation sites (tertiary alicyclic amines) is 1. The molecule has 0 saturated carbocycles. The molecule has 0 aliphatic carbocycles. The quantitative estimate of drug-likeness (QED) is 0.424. The van der Waals surface area contributed by atoms with Crippen molar-refractivity contribution in [1.29, 1.82) is 0 Å². The first-order valence-electron chi connectivity index (χ1n) is 12.2. The lowest BCUT2D eigenvalue weighted by Crippen LogP contribution is -2.43. The molecule has 35 heavy (non-hydrogen) atoms. The van der Waals surface area contributed by atoms with E-state index in [1.54, 1.807) is 12.3 Å². The normalized spacial score (nSPS) is 20.6. The predicted octanol–water partition coefficient (Wildman–Crippen LogP) is 6.01. The molecule has 2 N–H and O–H groups in total. The molecule has 2 saturated heterocycles. The highest BCUT2D eigenvalue weighted by molar-refractivity contribution is 6.35. The van der Waals surface area contributed by atoms with Gasteiger partial charge in [0, 0.05) is 36.2 Å². The maximum Gasteiger partial charge on any atom is 0.304 e. The first-order valence-corrected chi connectivity index (χ1v) is 13.4. The molecule has 7 nitrogen and oxygen atoms in total. The summed E-state index contributed by atoms with van der Waals surface area (Å²) in [6.45, 7) is 6.47. The van der Waals surface area contributed by atoms with Crippen LogP contribution in [0.15, 0.2) is 24.4 Å². The molecule has 2 atom stereocenters. The third kappa shape index (κ3) is 6.91. The molecule has 3 heterocycles. The number of hydrogen-bond donors (Lipinski definition) is 2. The number of nitrogens with one attached hydrogen (secondary N) is 1. The third-order valence-electron chi connectivity index (χ3n) is 7.19. The van der Waals surface area contributed by atoms with E-state index in [1.165, 1.54) is 6.42 Å². The van der Waals surface area contributed by atoms with Crippen molar-refractivity contribution in [3.8, 4) is 0 Å². The number of piperidine rings is 2. The summed E-state index contributed by atoms with van der Waals surface area (Å²) in [7, 11) is 0. The van der Waals surface area contributed by atoms with Crippen molar-refractivity contribution in [2.24, 2.45) is 11.8 Å². The van der Waals surface area contributed by atoms with E-state index in [9.17, 15) is 4.79 Å². The molecule has 2 aliphatic rings. The van der Waals surface area contributed by atoms with Crippen molar-refractivity contribution >= 4 is 52.5 Å². The summed E-state index contributed by atoms with van der Waals surface area (Å²) in [5, 5.41) is 14.0. The summed E-state index contributed by atoms with van der Waals surface area (Å²) in [4.78, 5) is 24.7. The molecule has 1 aromatic heterocycles. The number of carboxylic acid groups (broad SMARTS) is 1. The lowest BCUT2D eigenvalue weighted by atomic mass is 9.79. The summed E-state index contributed by atoms with van der Waals surface area (Å²) in [6, 6.07) is 5.33. The molecule has 190 valence electrons. The van der Waals surface area contributed by atoms with Gasteiger partial charge < -0.3 is 20.2 Å². The Bertz CT molecular complexity index is 1030. The zero-order valence-corrected chi connectivity index (χ0v) is 22.2.